The zero-order valence-electron chi connectivity index (χ0n) is 10.1. The van der Waals surface area contributed by atoms with Gasteiger partial charge in [0.15, 0.2) is 5.65 Å². The molecule has 1 unspecified atom stereocenters. The summed E-state index contributed by atoms with van der Waals surface area (Å²) in [6.07, 6.45) is 4.28. The van der Waals surface area contributed by atoms with E-state index in [1.165, 1.54) is 12.0 Å². The number of pyridine rings is 1. The van der Waals surface area contributed by atoms with Crippen LogP contribution in [0.4, 0.5) is 5.95 Å². The SMILES string of the molecule is CCCC(C)Nc1nc2ccc(C)cn2n1. The van der Waals surface area contributed by atoms with Gasteiger partial charge in [0.2, 0.25) is 5.95 Å². The second-order valence-corrected chi connectivity index (χ2v) is 4.28. The predicted octanol–water partition coefficient (Wildman–Crippen LogP) is 2.64. The number of rotatable bonds is 4. The van der Waals surface area contributed by atoms with Crippen LogP contribution >= 0.6 is 0 Å². The Morgan fingerprint density at radius 2 is 2.25 bits per heavy atom. The maximum absolute atomic E-state index is 4.42. The standard InChI is InChI=1S/C12H18N4/c1-4-5-10(3)13-12-14-11-7-6-9(2)8-16(11)15-12/h6-8,10H,4-5H2,1-3H3,(H,13,15). The molecule has 4 heteroatoms. The summed E-state index contributed by atoms with van der Waals surface area (Å²) in [6.45, 7) is 6.38. The van der Waals surface area contributed by atoms with Gasteiger partial charge in [0, 0.05) is 12.2 Å². The Kier molecular flexibility index (Phi) is 3.08. The first-order chi connectivity index (χ1) is 7.69. The summed E-state index contributed by atoms with van der Waals surface area (Å²) >= 11 is 0. The summed E-state index contributed by atoms with van der Waals surface area (Å²) in [5, 5.41) is 7.70. The monoisotopic (exact) mass is 218 g/mol. The average Bonchev–Trinajstić information content (AvgIpc) is 2.59. The van der Waals surface area contributed by atoms with Gasteiger partial charge in [-0.15, -0.1) is 5.10 Å². The lowest BCUT2D eigenvalue weighted by Crippen LogP contribution is -2.15. The summed E-state index contributed by atoms with van der Waals surface area (Å²) in [4.78, 5) is 4.42. The van der Waals surface area contributed by atoms with Crippen LogP contribution in [0, 0.1) is 6.92 Å². The zero-order chi connectivity index (χ0) is 11.5. The van der Waals surface area contributed by atoms with Gasteiger partial charge in [0.25, 0.3) is 0 Å². The molecule has 0 aliphatic heterocycles. The van der Waals surface area contributed by atoms with Crippen LogP contribution in [0.25, 0.3) is 5.65 Å². The Morgan fingerprint density at radius 1 is 1.44 bits per heavy atom. The van der Waals surface area contributed by atoms with Crippen LogP contribution in [0.5, 0.6) is 0 Å². The minimum atomic E-state index is 0.420. The number of fused-ring (bicyclic) bond motifs is 1. The number of aromatic nitrogens is 3. The summed E-state index contributed by atoms with van der Waals surface area (Å²) < 4.78 is 1.82. The van der Waals surface area contributed by atoms with E-state index < -0.39 is 0 Å². The van der Waals surface area contributed by atoms with Crippen molar-refractivity contribution >= 4 is 11.6 Å². The van der Waals surface area contributed by atoms with Crippen molar-refractivity contribution < 1.29 is 0 Å². The fraction of sp³-hybridized carbons (Fsp3) is 0.500. The summed E-state index contributed by atoms with van der Waals surface area (Å²) in [7, 11) is 0. The van der Waals surface area contributed by atoms with E-state index in [4.69, 9.17) is 0 Å². The third kappa shape index (κ3) is 2.32. The molecule has 2 aromatic heterocycles. The van der Waals surface area contributed by atoms with Crippen LogP contribution in [0.1, 0.15) is 32.3 Å². The molecular weight excluding hydrogens is 200 g/mol. The molecule has 0 fully saturated rings. The normalized spacial score (nSPS) is 12.9. The molecule has 1 N–H and O–H groups in total. The van der Waals surface area contributed by atoms with Gasteiger partial charge in [-0.05, 0) is 31.9 Å². The van der Waals surface area contributed by atoms with Gasteiger partial charge < -0.3 is 5.32 Å². The van der Waals surface area contributed by atoms with Crippen molar-refractivity contribution in [1.82, 2.24) is 14.6 Å². The first kappa shape index (κ1) is 10.9. The molecule has 2 heterocycles. The highest BCUT2D eigenvalue weighted by Crippen LogP contribution is 2.09. The number of nitrogens with one attached hydrogen (secondary N) is 1. The van der Waals surface area contributed by atoms with E-state index in [9.17, 15) is 0 Å². The maximum Gasteiger partial charge on any atom is 0.243 e. The Morgan fingerprint density at radius 3 is 3.00 bits per heavy atom. The first-order valence-electron chi connectivity index (χ1n) is 5.78. The molecule has 0 radical (unpaired) electrons. The topological polar surface area (TPSA) is 42.2 Å². The van der Waals surface area contributed by atoms with Gasteiger partial charge in [0.05, 0.1) is 0 Å². The zero-order valence-corrected chi connectivity index (χ0v) is 10.1. The lowest BCUT2D eigenvalue weighted by Gasteiger charge is -2.09. The van der Waals surface area contributed by atoms with E-state index in [2.05, 4.69) is 29.2 Å². The second kappa shape index (κ2) is 4.51. The Bertz CT molecular complexity index is 475. The lowest BCUT2D eigenvalue weighted by molar-refractivity contribution is 0.683. The van der Waals surface area contributed by atoms with E-state index in [1.807, 2.05) is 29.8 Å². The predicted molar refractivity (Wildman–Crippen MR) is 65.7 cm³/mol. The van der Waals surface area contributed by atoms with Crippen molar-refractivity contribution in [3.8, 4) is 0 Å². The number of nitrogens with zero attached hydrogens (tertiary/aromatic N) is 3. The highest BCUT2D eigenvalue weighted by Gasteiger charge is 2.06. The highest BCUT2D eigenvalue weighted by molar-refractivity contribution is 5.44. The van der Waals surface area contributed by atoms with Crippen LogP contribution < -0.4 is 5.32 Å². The van der Waals surface area contributed by atoms with Crippen molar-refractivity contribution in [2.75, 3.05) is 5.32 Å². The molecule has 1 atom stereocenters. The second-order valence-electron chi connectivity index (χ2n) is 4.28. The minimum absolute atomic E-state index is 0.420. The molecular formula is C12H18N4. The van der Waals surface area contributed by atoms with Gasteiger partial charge in [-0.2, -0.15) is 4.98 Å². The summed E-state index contributed by atoms with van der Waals surface area (Å²) in [5.41, 5.74) is 2.07. The summed E-state index contributed by atoms with van der Waals surface area (Å²) in [5.74, 6) is 0.714. The molecule has 0 saturated carbocycles. The quantitative estimate of drug-likeness (QED) is 0.857. The third-order valence-corrected chi connectivity index (χ3v) is 2.58. The molecule has 16 heavy (non-hydrogen) atoms. The van der Waals surface area contributed by atoms with Crippen LogP contribution in [-0.4, -0.2) is 20.6 Å². The fourth-order valence-electron chi connectivity index (χ4n) is 1.77. The third-order valence-electron chi connectivity index (χ3n) is 2.58. The van der Waals surface area contributed by atoms with Crippen molar-refractivity contribution in [3.05, 3.63) is 23.9 Å². The molecule has 0 aromatic carbocycles. The molecule has 86 valence electrons. The molecule has 0 aliphatic carbocycles. The lowest BCUT2D eigenvalue weighted by atomic mass is 10.2. The molecule has 0 spiro atoms. The molecule has 0 bridgehead atoms. The van der Waals surface area contributed by atoms with Crippen molar-refractivity contribution in [2.24, 2.45) is 0 Å². The van der Waals surface area contributed by atoms with Gasteiger partial charge in [-0.1, -0.05) is 19.4 Å². The minimum Gasteiger partial charge on any atom is -0.350 e. The Hall–Kier alpha value is -1.58. The molecule has 4 nitrogen and oxygen atoms in total. The molecule has 0 saturated heterocycles. The first-order valence-corrected chi connectivity index (χ1v) is 5.78. The van der Waals surface area contributed by atoms with Crippen molar-refractivity contribution in [3.63, 3.8) is 0 Å². The van der Waals surface area contributed by atoms with Crippen LogP contribution in [0.2, 0.25) is 0 Å². The van der Waals surface area contributed by atoms with Crippen molar-refractivity contribution in [2.45, 2.75) is 39.7 Å². The Labute approximate surface area is 95.7 Å². The largest absolute Gasteiger partial charge is 0.350 e. The van der Waals surface area contributed by atoms with Crippen LogP contribution in [0.15, 0.2) is 18.3 Å². The van der Waals surface area contributed by atoms with E-state index in [1.54, 1.807) is 0 Å². The van der Waals surface area contributed by atoms with Gasteiger partial charge >= 0.3 is 0 Å². The fourth-order valence-corrected chi connectivity index (χ4v) is 1.77. The van der Waals surface area contributed by atoms with Gasteiger partial charge in [-0.25, -0.2) is 4.52 Å². The molecule has 2 rings (SSSR count). The van der Waals surface area contributed by atoms with Crippen molar-refractivity contribution in [1.29, 1.82) is 0 Å². The van der Waals surface area contributed by atoms with E-state index in [0.717, 1.165) is 12.1 Å². The number of hydrogen-bond acceptors (Lipinski definition) is 3. The molecule has 2 aromatic rings. The number of hydrogen-bond donors (Lipinski definition) is 1. The van der Waals surface area contributed by atoms with E-state index >= 15 is 0 Å². The van der Waals surface area contributed by atoms with E-state index in [0.29, 0.717) is 12.0 Å². The van der Waals surface area contributed by atoms with Crippen LogP contribution in [0.3, 0.4) is 0 Å². The molecule has 0 amide bonds. The van der Waals surface area contributed by atoms with Gasteiger partial charge in [-0.3, -0.25) is 0 Å². The summed E-state index contributed by atoms with van der Waals surface area (Å²) in [6, 6.07) is 4.45. The smallest absolute Gasteiger partial charge is 0.243 e. The number of aryl methyl sites for hydroxylation is 1. The van der Waals surface area contributed by atoms with Gasteiger partial charge in [0.1, 0.15) is 0 Å². The average molecular weight is 218 g/mol. The molecule has 0 aliphatic rings. The highest BCUT2D eigenvalue weighted by atomic mass is 15.3. The Balaban J connectivity index is 2.19. The van der Waals surface area contributed by atoms with E-state index in [-0.39, 0.29) is 0 Å². The van der Waals surface area contributed by atoms with Crippen LogP contribution in [-0.2, 0) is 0 Å². The maximum atomic E-state index is 4.42. The number of anilines is 1.